The van der Waals surface area contributed by atoms with Crippen molar-refractivity contribution in [3.63, 3.8) is 0 Å². The van der Waals surface area contributed by atoms with Crippen LogP contribution < -0.4 is 4.83 Å². The molecule has 6 heteroatoms. The number of nitrogens with one attached hydrogen (secondary N) is 1. The first kappa shape index (κ1) is 15.9. The molecule has 7 rings (SSSR count). The van der Waals surface area contributed by atoms with Crippen molar-refractivity contribution < 1.29 is 13.2 Å². The standard InChI is InChI=1S/C22H22N2O3S/c25-16-9-14-13-8-15(23-24-28(26,27)10-4-2-1-3-5-10)18-11-6-7-12-17(11)22(20(13)18)21(14)19(12)16/h1-7,11-14,17-22,24H,8-9H2/b23-15-/t11-,12-,13-,14-,17+,18+,19+,20-,21+,22-/m0/s1. The summed E-state index contributed by atoms with van der Waals surface area (Å²) in [6.45, 7) is 0. The van der Waals surface area contributed by atoms with Crippen molar-refractivity contribution >= 4 is 21.5 Å². The van der Waals surface area contributed by atoms with Gasteiger partial charge in [-0.25, -0.2) is 4.83 Å². The number of hydrazone groups is 1. The fourth-order valence-electron chi connectivity index (χ4n) is 8.52. The van der Waals surface area contributed by atoms with E-state index in [1.807, 2.05) is 0 Å². The SMILES string of the molecule is O=C1C[C@H]2[C@@H]3C/C(=N/NS(=O)(=O)c4ccccc4)[C@H]4[C@H]5C=C[C@@H]6[C@H]1[C@@H]2[C@@H]([C@@H]65)[C@@H]34. The molecular formula is C22H22N2O3S. The third kappa shape index (κ3) is 1.69. The Hall–Kier alpha value is -1.95. The van der Waals surface area contributed by atoms with Gasteiger partial charge in [0.2, 0.25) is 0 Å². The second-order valence-electron chi connectivity index (χ2n) is 9.61. The first-order chi connectivity index (χ1) is 13.6. The number of sulfonamides is 1. The fourth-order valence-corrected chi connectivity index (χ4v) is 9.38. The van der Waals surface area contributed by atoms with Gasteiger partial charge in [-0.05, 0) is 65.9 Å². The third-order valence-corrected chi connectivity index (χ3v) is 10.2. The number of nitrogens with zero attached hydrogens (tertiary/aromatic N) is 1. The highest BCUT2D eigenvalue weighted by Gasteiger charge is 2.76. The molecule has 0 heterocycles. The van der Waals surface area contributed by atoms with Crippen LogP contribution in [0.4, 0.5) is 0 Å². The summed E-state index contributed by atoms with van der Waals surface area (Å²) in [7, 11) is -3.64. The second-order valence-corrected chi connectivity index (χ2v) is 11.3. The minimum Gasteiger partial charge on any atom is -0.299 e. The number of fused-ring (bicyclic) bond motifs is 3. The van der Waals surface area contributed by atoms with E-state index in [0.717, 1.165) is 18.6 Å². The molecule has 1 aromatic rings. The predicted molar refractivity (Wildman–Crippen MR) is 102 cm³/mol. The Bertz CT molecular complexity index is 1060. The summed E-state index contributed by atoms with van der Waals surface area (Å²) in [5, 5.41) is 4.49. The summed E-state index contributed by atoms with van der Waals surface area (Å²) in [4.78, 5) is 15.5. The molecular weight excluding hydrogens is 372 g/mol. The summed E-state index contributed by atoms with van der Waals surface area (Å²) in [5.74, 6) is 5.50. The average Bonchev–Trinajstić information content (AvgIpc) is 3.45. The van der Waals surface area contributed by atoms with E-state index in [0.29, 0.717) is 59.0 Å². The van der Waals surface area contributed by atoms with Crippen LogP contribution in [0.15, 0.2) is 52.5 Å². The summed E-state index contributed by atoms with van der Waals surface area (Å²) in [6, 6.07) is 8.42. The lowest BCUT2D eigenvalue weighted by Gasteiger charge is -2.21. The molecule has 1 N–H and O–H groups in total. The van der Waals surface area contributed by atoms with Crippen LogP contribution >= 0.6 is 0 Å². The van der Waals surface area contributed by atoms with E-state index in [-0.39, 0.29) is 10.8 Å². The van der Waals surface area contributed by atoms with Gasteiger partial charge in [0.25, 0.3) is 10.0 Å². The van der Waals surface area contributed by atoms with Crippen molar-refractivity contribution in [3.05, 3.63) is 42.5 Å². The van der Waals surface area contributed by atoms with Gasteiger partial charge in [-0.3, -0.25) is 4.79 Å². The van der Waals surface area contributed by atoms with E-state index in [1.54, 1.807) is 30.3 Å². The van der Waals surface area contributed by atoms with E-state index >= 15 is 0 Å². The van der Waals surface area contributed by atoms with Crippen molar-refractivity contribution in [3.8, 4) is 0 Å². The lowest BCUT2D eigenvalue weighted by Crippen LogP contribution is -2.26. The lowest BCUT2D eigenvalue weighted by molar-refractivity contribution is -0.122. The first-order valence-electron chi connectivity index (χ1n) is 10.4. The van der Waals surface area contributed by atoms with Gasteiger partial charge in [0.15, 0.2) is 0 Å². The molecule has 0 amide bonds. The molecule has 5 nitrogen and oxygen atoms in total. The molecule has 0 aliphatic heterocycles. The third-order valence-electron chi connectivity index (χ3n) is 8.98. The largest absolute Gasteiger partial charge is 0.299 e. The highest BCUT2D eigenvalue weighted by Crippen LogP contribution is 2.77. The number of allylic oxidation sites excluding steroid dienone is 2. The Morgan fingerprint density at radius 3 is 2.32 bits per heavy atom. The van der Waals surface area contributed by atoms with Crippen molar-refractivity contribution in [1.82, 2.24) is 4.83 Å². The smallest absolute Gasteiger partial charge is 0.276 e. The fraction of sp³-hybridized carbons (Fsp3) is 0.545. The van der Waals surface area contributed by atoms with Gasteiger partial charge in [-0.1, -0.05) is 30.4 Å². The Kier molecular flexibility index (Phi) is 2.82. The van der Waals surface area contributed by atoms with Crippen molar-refractivity contribution in [2.45, 2.75) is 17.7 Å². The van der Waals surface area contributed by atoms with Gasteiger partial charge >= 0.3 is 0 Å². The van der Waals surface area contributed by atoms with Crippen LogP contribution in [0, 0.1) is 59.2 Å². The molecule has 6 aliphatic rings. The number of Topliss-reactive ketones (excluding diaryl/α,β-unsaturated/α-hetero) is 1. The number of rotatable bonds is 3. The van der Waals surface area contributed by atoms with Gasteiger partial charge in [-0.2, -0.15) is 13.5 Å². The van der Waals surface area contributed by atoms with Gasteiger partial charge in [0.1, 0.15) is 5.78 Å². The summed E-state index contributed by atoms with van der Waals surface area (Å²) in [5.41, 5.74) is 1.02. The molecule has 0 spiro atoms. The molecule has 1 aromatic carbocycles. The molecule has 144 valence electrons. The molecule has 28 heavy (non-hydrogen) atoms. The lowest BCUT2D eigenvalue weighted by atomic mass is 9.83. The molecule has 0 unspecified atom stereocenters. The van der Waals surface area contributed by atoms with Crippen molar-refractivity contribution in [1.29, 1.82) is 0 Å². The molecule has 0 radical (unpaired) electrons. The predicted octanol–water partition coefficient (Wildman–Crippen LogP) is 2.47. The maximum atomic E-state index is 12.7. The van der Waals surface area contributed by atoms with E-state index < -0.39 is 10.0 Å². The minimum absolute atomic E-state index is 0.242. The number of carbonyl (C=O) groups excluding carboxylic acids is 1. The number of ketones is 1. The molecule has 10 atom stereocenters. The molecule has 5 fully saturated rings. The quantitative estimate of drug-likeness (QED) is 0.632. The highest BCUT2D eigenvalue weighted by molar-refractivity contribution is 7.89. The van der Waals surface area contributed by atoms with Crippen LogP contribution in [0.1, 0.15) is 12.8 Å². The van der Waals surface area contributed by atoms with Gasteiger partial charge in [0.05, 0.1) is 4.90 Å². The van der Waals surface area contributed by atoms with Crippen LogP contribution in [-0.4, -0.2) is 19.9 Å². The average molecular weight is 394 g/mol. The van der Waals surface area contributed by atoms with Gasteiger partial charge in [0, 0.05) is 24.0 Å². The summed E-state index contributed by atoms with van der Waals surface area (Å²) >= 11 is 0. The maximum Gasteiger partial charge on any atom is 0.276 e. The zero-order valence-corrected chi connectivity index (χ0v) is 16.1. The molecule has 0 aromatic heterocycles. The number of carbonyl (C=O) groups is 1. The van der Waals surface area contributed by atoms with E-state index in [9.17, 15) is 13.2 Å². The summed E-state index contributed by atoms with van der Waals surface area (Å²) in [6.07, 6.45) is 6.24. The zero-order valence-electron chi connectivity index (χ0n) is 15.3. The van der Waals surface area contributed by atoms with Crippen LogP contribution in [0.25, 0.3) is 0 Å². The van der Waals surface area contributed by atoms with Crippen LogP contribution in [0.5, 0.6) is 0 Å². The van der Waals surface area contributed by atoms with Gasteiger partial charge in [-0.15, -0.1) is 0 Å². The summed E-state index contributed by atoms with van der Waals surface area (Å²) < 4.78 is 25.2. The Labute approximate surface area is 164 Å². The normalized spacial score (nSPS) is 50.1. The van der Waals surface area contributed by atoms with E-state index in [1.165, 1.54) is 0 Å². The monoisotopic (exact) mass is 394 g/mol. The number of hydrogen-bond acceptors (Lipinski definition) is 4. The Morgan fingerprint density at radius 2 is 1.54 bits per heavy atom. The minimum atomic E-state index is -3.64. The van der Waals surface area contributed by atoms with E-state index in [2.05, 4.69) is 22.1 Å². The molecule has 0 saturated heterocycles. The number of hydrogen-bond donors (Lipinski definition) is 1. The van der Waals surface area contributed by atoms with Crippen LogP contribution in [-0.2, 0) is 14.8 Å². The molecule has 5 saturated carbocycles. The van der Waals surface area contributed by atoms with Crippen molar-refractivity contribution in [2.75, 3.05) is 0 Å². The Morgan fingerprint density at radius 1 is 0.857 bits per heavy atom. The molecule has 0 bridgehead atoms. The highest BCUT2D eigenvalue weighted by atomic mass is 32.2. The van der Waals surface area contributed by atoms with Crippen LogP contribution in [0.3, 0.4) is 0 Å². The Balaban J connectivity index is 1.26. The van der Waals surface area contributed by atoms with E-state index in [4.69, 9.17) is 0 Å². The van der Waals surface area contributed by atoms with Crippen LogP contribution in [0.2, 0.25) is 0 Å². The van der Waals surface area contributed by atoms with Gasteiger partial charge < -0.3 is 0 Å². The van der Waals surface area contributed by atoms with Crippen molar-refractivity contribution in [2.24, 2.45) is 64.3 Å². The molecule has 6 aliphatic carbocycles. The first-order valence-corrected chi connectivity index (χ1v) is 11.9. The number of benzene rings is 1. The topological polar surface area (TPSA) is 75.6 Å². The second kappa shape index (κ2) is 4.96. The maximum absolute atomic E-state index is 12.7. The zero-order chi connectivity index (χ0) is 18.8.